The Balaban J connectivity index is 1.58. The quantitative estimate of drug-likeness (QED) is 0.730. The van der Waals surface area contributed by atoms with E-state index in [2.05, 4.69) is 5.32 Å². The fourth-order valence-corrected chi connectivity index (χ4v) is 3.99. The summed E-state index contributed by atoms with van der Waals surface area (Å²) in [5.74, 6) is -1.34. The molecule has 2 aliphatic rings. The van der Waals surface area contributed by atoms with Crippen molar-refractivity contribution in [3.8, 4) is 11.5 Å². The van der Waals surface area contributed by atoms with Crippen LogP contribution in [0, 0.1) is 23.7 Å². The molecule has 3 rings (SSSR count). The van der Waals surface area contributed by atoms with E-state index in [0.29, 0.717) is 24.5 Å². The number of nitrogens with one attached hydrogen (secondary N) is 1. The summed E-state index contributed by atoms with van der Waals surface area (Å²) in [6.45, 7) is 0.436. The smallest absolute Gasteiger partial charge is 0.224 e. The number of hydrogen-bond acceptors (Lipinski definition) is 5. The normalized spacial score (nSPS) is 26.5. The molecule has 0 aliphatic heterocycles. The highest BCUT2D eigenvalue weighted by Gasteiger charge is 2.48. The number of hydrogen-bond donors (Lipinski definition) is 1. The summed E-state index contributed by atoms with van der Waals surface area (Å²) in [6.07, 6.45) is 5.21. The largest absolute Gasteiger partial charge is 0.550 e. The first-order valence-corrected chi connectivity index (χ1v) is 8.43. The van der Waals surface area contributed by atoms with Crippen molar-refractivity contribution in [3.63, 3.8) is 0 Å². The minimum absolute atomic E-state index is 0.00832. The second-order valence-electron chi connectivity index (χ2n) is 6.55. The molecule has 1 aromatic carbocycles. The standard InChI is InChI=1S/C19H23NO5/c1-24-14-6-3-11(9-15(14)25-2)7-8-20-18(21)16-12-4-5-13(10-12)17(16)19(22)23/h3-6,9,12-13,16-17H,7-8,10H2,1-2H3,(H,20,21)(H,22,23)/p-1/t12-,13+,16+,17+/m1/s1. The van der Waals surface area contributed by atoms with Crippen molar-refractivity contribution >= 4 is 11.9 Å². The molecule has 1 aromatic rings. The lowest BCUT2D eigenvalue weighted by Gasteiger charge is -2.27. The van der Waals surface area contributed by atoms with Crippen molar-refractivity contribution in [2.75, 3.05) is 20.8 Å². The summed E-state index contributed by atoms with van der Waals surface area (Å²) in [5.41, 5.74) is 1.00. The maximum absolute atomic E-state index is 12.5. The first-order valence-electron chi connectivity index (χ1n) is 8.43. The van der Waals surface area contributed by atoms with Crippen molar-refractivity contribution in [1.29, 1.82) is 0 Å². The minimum atomic E-state index is -1.13. The van der Waals surface area contributed by atoms with Gasteiger partial charge in [0.2, 0.25) is 5.91 Å². The fourth-order valence-electron chi connectivity index (χ4n) is 3.99. The highest BCUT2D eigenvalue weighted by atomic mass is 16.5. The molecule has 4 atom stereocenters. The summed E-state index contributed by atoms with van der Waals surface area (Å²) in [4.78, 5) is 23.9. The Morgan fingerprint density at radius 3 is 2.44 bits per heavy atom. The predicted molar refractivity (Wildman–Crippen MR) is 89.0 cm³/mol. The van der Waals surface area contributed by atoms with Crippen LogP contribution in [0.15, 0.2) is 30.4 Å². The molecule has 2 aliphatic carbocycles. The van der Waals surface area contributed by atoms with Gasteiger partial charge in [-0.05, 0) is 42.4 Å². The van der Waals surface area contributed by atoms with E-state index in [0.717, 1.165) is 12.0 Å². The highest BCUT2D eigenvalue weighted by Crippen LogP contribution is 2.47. The molecule has 2 bridgehead atoms. The number of aliphatic carboxylic acids is 1. The molecule has 0 heterocycles. The maximum atomic E-state index is 12.5. The van der Waals surface area contributed by atoms with E-state index in [1.54, 1.807) is 14.2 Å². The van der Waals surface area contributed by atoms with E-state index in [1.807, 2.05) is 30.4 Å². The van der Waals surface area contributed by atoms with Crippen LogP contribution in [-0.2, 0) is 16.0 Å². The Morgan fingerprint density at radius 1 is 1.12 bits per heavy atom. The monoisotopic (exact) mass is 344 g/mol. The Hall–Kier alpha value is -2.50. The van der Waals surface area contributed by atoms with Gasteiger partial charge in [0.15, 0.2) is 11.5 Å². The van der Waals surface area contributed by atoms with Gasteiger partial charge in [0, 0.05) is 18.4 Å². The van der Waals surface area contributed by atoms with Crippen LogP contribution in [0.4, 0.5) is 0 Å². The van der Waals surface area contributed by atoms with E-state index in [-0.39, 0.29) is 17.7 Å². The molecule has 0 aromatic heterocycles. The summed E-state index contributed by atoms with van der Waals surface area (Å²) in [5, 5.41) is 14.3. The molecule has 1 fully saturated rings. The molecule has 0 saturated heterocycles. The lowest BCUT2D eigenvalue weighted by Crippen LogP contribution is -2.45. The SMILES string of the molecule is COc1ccc(CCNC(=O)[C@@H]2[C@@H](C(=O)[O-])[C@H]3C=C[C@@H]2C3)cc1OC. The van der Waals surface area contributed by atoms with Gasteiger partial charge in [0.1, 0.15) is 0 Å². The van der Waals surface area contributed by atoms with Crippen LogP contribution in [0.25, 0.3) is 0 Å². The van der Waals surface area contributed by atoms with E-state index >= 15 is 0 Å². The number of methoxy groups -OCH3 is 2. The number of carboxylic acid groups (broad SMARTS) is 1. The average Bonchev–Trinajstić information content (AvgIpc) is 3.22. The summed E-state index contributed by atoms with van der Waals surface area (Å²) >= 11 is 0. The number of amides is 1. The van der Waals surface area contributed by atoms with Crippen LogP contribution in [-0.4, -0.2) is 32.6 Å². The number of allylic oxidation sites excluding steroid dienone is 2. The zero-order valence-electron chi connectivity index (χ0n) is 14.4. The van der Waals surface area contributed by atoms with E-state index < -0.39 is 17.8 Å². The average molecular weight is 344 g/mol. The first-order chi connectivity index (χ1) is 12.0. The topological polar surface area (TPSA) is 87.7 Å². The first kappa shape index (κ1) is 17.3. The van der Waals surface area contributed by atoms with Crippen molar-refractivity contribution in [2.45, 2.75) is 12.8 Å². The molecule has 134 valence electrons. The molecule has 0 unspecified atom stereocenters. The van der Waals surface area contributed by atoms with Crippen LogP contribution < -0.4 is 19.9 Å². The second-order valence-corrected chi connectivity index (χ2v) is 6.55. The minimum Gasteiger partial charge on any atom is -0.550 e. The molecule has 0 radical (unpaired) electrons. The van der Waals surface area contributed by atoms with E-state index in [1.165, 1.54) is 0 Å². The van der Waals surface area contributed by atoms with Gasteiger partial charge >= 0.3 is 0 Å². The van der Waals surface area contributed by atoms with Crippen LogP contribution in [0.3, 0.4) is 0 Å². The third kappa shape index (κ3) is 3.34. The Labute approximate surface area is 146 Å². The molecular formula is C19H22NO5-. The van der Waals surface area contributed by atoms with Crippen molar-refractivity contribution in [2.24, 2.45) is 23.7 Å². The van der Waals surface area contributed by atoms with Crippen LogP contribution in [0.2, 0.25) is 0 Å². The maximum Gasteiger partial charge on any atom is 0.224 e. The summed E-state index contributed by atoms with van der Waals surface area (Å²) in [6, 6.07) is 5.61. The predicted octanol–water partition coefficient (Wildman–Crippen LogP) is 0.551. The molecule has 6 nitrogen and oxygen atoms in total. The molecule has 1 amide bonds. The van der Waals surface area contributed by atoms with Crippen LogP contribution in [0.1, 0.15) is 12.0 Å². The number of carbonyl (C=O) groups is 2. The third-order valence-corrected chi connectivity index (χ3v) is 5.20. The van der Waals surface area contributed by atoms with Crippen molar-refractivity contribution in [1.82, 2.24) is 5.32 Å². The number of ether oxygens (including phenoxy) is 2. The van der Waals surface area contributed by atoms with Crippen LogP contribution in [0.5, 0.6) is 11.5 Å². The number of carboxylic acids is 1. The van der Waals surface area contributed by atoms with Gasteiger partial charge < -0.3 is 24.7 Å². The summed E-state index contributed by atoms with van der Waals surface area (Å²) < 4.78 is 10.5. The molecule has 1 N–H and O–H groups in total. The zero-order chi connectivity index (χ0) is 18.0. The van der Waals surface area contributed by atoms with Crippen molar-refractivity contribution in [3.05, 3.63) is 35.9 Å². The molecular weight excluding hydrogens is 322 g/mol. The number of rotatable bonds is 7. The van der Waals surface area contributed by atoms with Gasteiger partial charge in [-0.1, -0.05) is 18.2 Å². The molecule has 6 heteroatoms. The van der Waals surface area contributed by atoms with Gasteiger partial charge in [0.25, 0.3) is 0 Å². The molecule has 1 saturated carbocycles. The van der Waals surface area contributed by atoms with Gasteiger partial charge in [-0.3, -0.25) is 4.79 Å². The highest BCUT2D eigenvalue weighted by molar-refractivity contribution is 5.86. The van der Waals surface area contributed by atoms with Gasteiger partial charge in [-0.15, -0.1) is 0 Å². The van der Waals surface area contributed by atoms with Gasteiger partial charge in [-0.2, -0.15) is 0 Å². The zero-order valence-corrected chi connectivity index (χ0v) is 14.4. The third-order valence-electron chi connectivity index (χ3n) is 5.20. The number of benzene rings is 1. The van der Waals surface area contributed by atoms with Crippen LogP contribution >= 0.6 is 0 Å². The lowest BCUT2D eigenvalue weighted by atomic mass is 9.82. The fraction of sp³-hybridized carbons (Fsp3) is 0.474. The Morgan fingerprint density at radius 2 is 1.80 bits per heavy atom. The summed E-state index contributed by atoms with van der Waals surface area (Å²) in [7, 11) is 3.15. The Kier molecular flexibility index (Phi) is 4.97. The Bertz CT molecular complexity index is 699. The molecule has 0 spiro atoms. The van der Waals surface area contributed by atoms with Gasteiger partial charge in [0.05, 0.1) is 20.1 Å². The number of carbonyl (C=O) groups excluding carboxylic acids is 2. The molecule has 25 heavy (non-hydrogen) atoms. The van der Waals surface area contributed by atoms with Crippen molar-refractivity contribution < 1.29 is 24.2 Å². The van der Waals surface area contributed by atoms with E-state index in [9.17, 15) is 14.7 Å². The number of fused-ring (bicyclic) bond motifs is 2. The second kappa shape index (κ2) is 7.17. The van der Waals surface area contributed by atoms with E-state index in [4.69, 9.17) is 9.47 Å². The van der Waals surface area contributed by atoms with Gasteiger partial charge in [-0.25, -0.2) is 0 Å². The lowest BCUT2D eigenvalue weighted by molar-refractivity contribution is -0.313.